The first-order chi connectivity index (χ1) is 8.69. The van der Waals surface area contributed by atoms with E-state index in [1.807, 2.05) is 11.4 Å². The molecule has 0 N–H and O–H groups in total. The van der Waals surface area contributed by atoms with Gasteiger partial charge in [0.15, 0.2) is 0 Å². The molecule has 0 fully saturated rings. The molecule has 18 heavy (non-hydrogen) atoms. The van der Waals surface area contributed by atoms with Crippen molar-refractivity contribution < 1.29 is 9.53 Å². The van der Waals surface area contributed by atoms with E-state index in [1.54, 1.807) is 23.7 Å². The summed E-state index contributed by atoms with van der Waals surface area (Å²) < 4.78 is 5.52. The zero-order valence-corrected chi connectivity index (χ0v) is 12.1. The molecule has 0 aromatic carbocycles. The lowest BCUT2D eigenvalue weighted by Crippen LogP contribution is -2.01. The molecule has 2 rings (SSSR count). The molecule has 0 saturated carbocycles. The van der Waals surface area contributed by atoms with Gasteiger partial charge in [-0.3, -0.25) is 9.78 Å². The highest BCUT2D eigenvalue weighted by atomic mass is 79.9. The van der Waals surface area contributed by atoms with Crippen molar-refractivity contribution >= 4 is 33.2 Å². The molecule has 4 nitrogen and oxygen atoms in total. The van der Waals surface area contributed by atoms with Gasteiger partial charge in [0.05, 0.1) is 19.2 Å². The number of aromatic nitrogens is 2. The zero-order chi connectivity index (χ0) is 13.0. The van der Waals surface area contributed by atoms with E-state index in [9.17, 15) is 4.79 Å². The summed E-state index contributed by atoms with van der Waals surface area (Å²) in [6.45, 7) is 0. The van der Waals surface area contributed by atoms with Crippen LogP contribution in [-0.2, 0) is 16.0 Å². The van der Waals surface area contributed by atoms with Gasteiger partial charge in [-0.2, -0.15) is 0 Å². The Hall–Kier alpha value is -1.27. The SMILES string of the molecule is COC(=O)CCc1csc(-c2cncc(Br)c2)n1. The minimum absolute atomic E-state index is 0.214. The average molecular weight is 327 g/mol. The monoisotopic (exact) mass is 326 g/mol. The molecule has 0 aliphatic rings. The number of halogens is 1. The van der Waals surface area contributed by atoms with Gasteiger partial charge in [-0.05, 0) is 22.0 Å². The highest BCUT2D eigenvalue weighted by Crippen LogP contribution is 2.25. The Morgan fingerprint density at radius 3 is 3.06 bits per heavy atom. The van der Waals surface area contributed by atoms with Crippen LogP contribution >= 0.6 is 27.3 Å². The summed E-state index contributed by atoms with van der Waals surface area (Å²) in [5.41, 5.74) is 1.87. The number of ether oxygens (including phenoxy) is 1. The van der Waals surface area contributed by atoms with Crippen molar-refractivity contribution in [1.82, 2.24) is 9.97 Å². The van der Waals surface area contributed by atoms with Crippen LogP contribution in [-0.4, -0.2) is 23.0 Å². The van der Waals surface area contributed by atoms with Crippen molar-refractivity contribution in [2.75, 3.05) is 7.11 Å². The van der Waals surface area contributed by atoms with Crippen LogP contribution in [0.3, 0.4) is 0 Å². The maximum atomic E-state index is 11.0. The molecule has 0 saturated heterocycles. The van der Waals surface area contributed by atoms with Gasteiger partial charge in [-0.15, -0.1) is 11.3 Å². The van der Waals surface area contributed by atoms with Crippen LogP contribution in [0.2, 0.25) is 0 Å². The highest BCUT2D eigenvalue weighted by molar-refractivity contribution is 9.10. The maximum Gasteiger partial charge on any atom is 0.305 e. The van der Waals surface area contributed by atoms with Gasteiger partial charge in [0, 0.05) is 34.2 Å². The van der Waals surface area contributed by atoms with E-state index in [0.29, 0.717) is 12.8 Å². The number of thiazole rings is 1. The van der Waals surface area contributed by atoms with Gasteiger partial charge in [0.2, 0.25) is 0 Å². The number of carbonyl (C=O) groups is 1. The lowest BCUT2D eigenvalue weighted by Gasteiger charge is -1.97. The van der Waals surface area contributed by atoms with Gasteiger partial charge in [0.25, 0.3) is 0 Å². The molecule has 0 spiro atoms. The molecular formula is C12H11BrN2O2S. The fourth-order valence-corrected chi connectivity index (χ4v) is 2.62. The molecule has 0 unspecified atom stereocenters. The minimum atomic E-state index is -0.214. The molecule has 2 aromatic heterocycles. The Morgan fingerprint density at radius 2 is 2.33 bits per heavy atom. The van der Waals surface area contributed by atoms with Crippen molar-refractivity contribution in [3.05, 3.63) is 34.0 Å². The fourth-order valence-electron chi connectivity index (χ4n) is 1.42. The number of esters is 1. The van der Waals surface area contributed by atoms with E-state index in [2.05, 4.69) is 30.6 Å². The molecule has 6 heteroatoms. The van der Waals surface area contributed by atoms with Crippen molar-refractivity contribution in [2.45, 2.75) is 12.8 Å². The Labute approximate surface area is 117 Å². The standard InChI is InChI=1S/C12H11BrN2O2S/c1-17-11(16)3-2-10-7-18-12(15-10)8-4-9(13)6-14-5-8/h4-7H,2-3H2,1H3. The topological polar surface area (TPSA) is 52.1 Å². The number of nitrogens with zero attached hydrogens (tertiary/aromatic N) is 2. The quantitative estimate of drug-likeness (QED) is 0.810. The van der Waals surface area contributed by atoms with Gasteiger partial charge in [-0.1, -0.05) is 0 Å². The van der Waals surface area contributed by atoms with E-state index < -0.39 is 0 Å². The molecule has 0 aliphatic carbocycles. The summed E-state index contributed by atoms with van der Waals surface area (Å²) in [6, 6.07) is 1.97. The second-order valence-electron chi connectivity index (χ2n) is 3.61. The number of aryl methyl sites for hydroxylation is 1. The summed E-state index contributed by atoms with van der Waals surface area (Å²) >= 11 is 4.93. The van der Waals surface area contributed by atoms with Crippen LogP contribution in [0, 0.1) is 0 Å². The van der Waals surface area contributed by atoms with Crippen LogP contribution in [0.5, 0.6) is 0 Å². The summed E-state index contributed by atoms with van der Waals surface area (Å²) in [7, 11) is 1.39. The Balaban J connectivity index is 2.08. The minimum Gasteiger partial charge on any atom is -0.469 e. The second kappa shape index (κ2) is 6.06. The predicted molar refractivity (Wildman–Crippen MR) is 73.4 cm³/mol. The summed E-state index contributed by atoms with van der Waals surface area (Å²) in [5.74, 6) is -0.214. The molecule has 0 aliphatic heterocycles. The number of carbonyl (C=O) groups excluding carboxylic acids is 1. The second-order valence-corrected chi connectivity index (χ2v) is 5.39. The Bertz CT molecular complexity index is 557. The summed E-state index contributed by atoms with van der Waals surface area (Å²) in [6.07, 6.45) is 4.46. The molecule has 0 bridgehead atoms. The molecule has 2 aromatic rings. The van der Waals surface area contributed by atoms with Crippen molar-refractivity contribution in [1.29, 1.82) is 0 Å². The maximum absolute atomic E-state index is 11.0. The molecular weight excluding hydrogens is 316 g/mol. The largest absolute Gasteiger partial charge is 0.469 e. The first-order valence-corrected chi connectivity index (χ1v) is 6.98. The van der Waals surface area contributed by atoms with Crippen LogP contribution in [0.4, 0.5) is 0 Å². The van der Waals surface area contributed by atoms with E-state index in [0.717, 1.165) is 20.7 Å². The van der Waals surface area contributed by atoms with Crippen molar-refractivity contribution in [3.63, 3.8) is 0 Å². The summed E-state index contributed by atoms with van der Waals surface area (Å²) in [5, 5.41) is 2.86. The van der Waals surface area contributed by atoms with Gasteiger partial charge >= 0.3 is 5.97 Å². The van der Waals surface area contributed by atoms with E-state index in [-0.39, 0.29) is 5.97 Å². The molecule has 0 radical (unpaired) electrons. The molecule has 0 atom stereocenters. The fraction of sp³-hybridized carbons (Fsp3) is 0.250. The van der Waals surface area contributed by atoms with Crippen molar-refractivity contribution in [3.8, 4) is 10.6 Å². The Kier molecular flexibility index (Phi) is 4.43. The first kappa shape index (κ1) is 13.2. The third-order valence-corrected chi connectivity index (χ3v) is 3.69. The van der Waals surface area contributed by atoms with Crippen LogP contribution in [0.15, 0.2) is 28.3 Å². The molecule has 2 heterocycles. The van der Waals surface area contributed by atoms with Gasteiger partial charge < -0.3 is 4.74 Å². The zero-order valence-electron chi connectivity index (χ0n) is 9.72. The lowest BCUT2D eigenvalue weighted by molar-refractivity contribution is -0.140. The van der Waals surface area contributed by atoms with Gasteiger partial charge in [0.1, 0.15) is 5.01 Å². The number of hydrogen-bond donors (Lipinski definition) is 0. The number of pyridine rings is 1. The van der Waals surface area contributed by atoms with Gasteiger partial charge in [-0.25, -0.2) is 4.98 Å². The average Bonchev–Trinajstić information content (AvgIpc) is 2.84. The van der Waals surface area contributed by atoms with Crippen LogP contribution in [0.1, 0.15) is 12.1 Å². The normalized spacial score (nSPS) is 10.3. The smallest absolute Gasteiger partial charge is 0.305 e. The van der Waals surface area contributed by atoms with Crippen molar-refractivity contribution in [2.24, 2.45) is 0 Å². The number of methoxy groups -OCH3 is 1. The number of rotatable bonds is 4. The predicted octanol–water partition coefficient (Wildman–Crippen LogP) is 3.07. The Morgan fingerprint density at radius 1 is 1.50 bits per heavy atom. The first-order valence-electron chi connectivity index (χ1n) is 5.31. The molecule has 0 amide bonds. The third kappa shape index (κ3) is 3.36. The lowest BCUT2D eigenvalue weighted by atomic mass is 10.2. The number of hydrogen-bond acceptors (Lipinski definition) is 5. The van der Waals surface area contributed by atoms with E-state index in [1.165, 1.54) is 7.11 Å². The molecule has 94 valence electrons. The summed E-state index contributed by atoms with van der Waals surface area (Å²) in [4.78, 5) is 19.6. The van der Waals surface area contributed by atoms with E-state index >= 15 is 0 Å². The van der Waals surface area contributed by atoms with Crippen LogP contribution in [0.25, 0.3) is 10.6 Å². The highest BCUT2D eigenvalue weighted by Gasteiger charge is 2.07. The third-order valence-electron chi connectivity index (χ3n) is 2.32. The van der Waals surface area contributed by atoms with E-state index in [4.69, 9.17) is 0 Å². The van der Waals surface area contributed by atoms with Crippen LogP contribution < -0.4 is 0 Å².